The lowest BCUT2D eigenvalue weighted by Gasteiger charge is -2.35. The molecule has 4 heteroatoms. The van der Waals surface area contributed by atoms with E-state index < -0.39 is 0 Å². The van der Waals surface area contributed by atoms with Crippen LogP contribution in [0.4, 0.5) is 4.79 Å². The molecule has 1 amide bonds. The fraction of sp³-hybridized carbons (Fsp3) is 0.588. The van der Waals surface area contributed by atoms with Gasteiger partial charge in [0, 0.05) is 25.7 Å². The van der Waals surface area contributed by atoms with Crippen LogP contribution in [-0.4, -0.2) is 36.7 Å². The Kier molecular flexibility index (Phi) is 6.54. The Balaban J connectivity index is 1.83. The Morgan fingerprint density at radius 3 is 2.90 bits per heavy atom. The summed E-state index contributed by atoms with van der Waals surface area (Å²) >= 11 is 0. The summed E-state index contributed by atoms with van der Waals surface area (Å²) in [5.41, 5.74) is 1.03. The lowest BCUT2D eigenvalue weighted by Crippen LogP contribution is -2.53. The molecule has 2 rings (SSSR count). The first-order valence-electron chi connectivity index (χ1n) is 7.99. The van der Waals surface area contributed by atoms with E-state index in [-0.39, 0.29) is 12.1 Å². The quantitative estimate of drug-likeness (QED) is 0.818. The number of hydrogen-bond donors (Lipinski definition) is 1. The number of hydrogen-bond acceptors (Lipinski definition) is 3. The van der Waals surface area contributed by atoms with E-state index in [9.17, 15) is 4.79 Å². The summed E-state index contributed by atoms with van der Waals surface area (Å²) in [5, 5.41) is 3.37. The van der Waals surface area contributed by atoms with E-state index in [2.05, 4.69) is 12.2 Å². The zero-order chi connectivity index (χ0) is 14.9. The minimum atomic E-state index is -0.179. The Bertz CT molecular complexity index is 422. The lowest BCUT2D eigenvalue weighted by molar-refractivity contribution is 0.0697. The zero-order valence-corrected chi connectivity index (χ0v) is 12.9. The molecule has 1 N–H and O–H groups in total. The van der Waals surface area contributed by atoms with Crippen LogP contribution in [0.5, 0.6) is 0 Å². The van der Waals surface area contributed by atoms with Crippen molar-refractivity contribution in [1.82, 2.24) is 10.2 Å². The molecule has 4 nitrogen and oxygen atoms in total. The van der Waals surface area contributed by atoms with Crippen LogP contribution < -0.4 is 5.32 Å². The molecule has 0 aliphatic carbocycles. The topological polar surface area (TPSA) is 41.6 Å². The van der Waals surface area contributed by atoms with E-state index in [1.807, 2.05) is 35.2 Å². The van der Waals surface area contributed by atoms with Crippen molar-refractivity contribution in [3.05, 3.63) is 35.9 Å². The molecule has 21 heavy (non-hydrogen) atoms. The average molecular weight is 290 g/mol. The highest BCUT2D eigenvalue weighted by molar-refractivity contribution is 5.68. The Morgan fingerprint density at radius 1 is 1.33 bits per heavy atom. The van der Waals surface area contributed by atoms with E-state index in [4.69, 9.17) is 4.74 Å². The second kappa shape index (κ2) is 8.67. The molecule has 1 aliphatic rings. The maximum absolute atomic E-state index is 12.3. The van der Waals surface area contributed by atoms with Crippen molar-refractivity contribution in [2.24, 2.45) is 0 Å². The minimum Gasteiger partial charge on any atom is -0.445 e. The monoisotopic (exact) mass is 290 g/mol. The third kappa shape index (κ3) is 5.05. The van der Waals surface area contributed by atoms with Gasteiger partial charge in [0.15, 0.2) is 0 Å². The number of nitrogens with zero attached hydrogens (tertiary/aromatic N) is 1. The van der Waals surface area contributed by atoms with Gasteiger partial charge in [-0.05, 0) is 12.0 Å². The Hall–Kier alpha value is -1.55. The third-order valence-electron chi connectivity index (χ3n) is 3.93. The highest BCUT2D eigenvalue weighted by Gasteiger charge is 2.27. The fourth-order valence-electron chi connectivity index (χ4n) is 2.69. The Labute approximate surface area is 127 Å². The zero-order valence-electron chi connectivity index (χ0n) is 12.9. The van der Waals surface area contributed by atoms with Gasteiger partial charge in [0.25, 0.3) is 0 Å². The summed E-state index contributed by atoms with van der Waals surface area (Å²) in [4.78, 5) is 14.2. The van der Waals surface area contributed by atoms with E-state index in [1.165, 1.54) is 19.3 Å². The van der Waals surface area contributed by atoms with Gasteiger partial charge in [0.05, 0.1) is 0 Å². The van der Waals surface area contributed by atoms with E-state index in [1.54, 1.807) is 0 Å². The molecule has 0 radical (unpaired) electrons. The maximum Gasteiger partial charge on any atom is 0.410 e. The van der Waals surface area contributed by atoms with Crippen molar-refractivity contribution in [3.63, 3.8) is 0 Å². The van der Waals surface area contributed by atoms with Crippen LogP contribution in [0.2, 0.25) is 0 Å². The van der Waals surface area contributed by atoms with Crippen LogP contribution in [-0.2, 0) is 11.3 Å². The van der Waals surface area contributed by atoms with Gasteiger partial charge < -0.3 is 15.0 Å². The van der Waals surface area contributed by atoms with Gasteiger partial charge >= 0.3 is 6.09 Å². The van der Waals surface area contributed by atoms with Crippen LogP contribution in [0.3, 0.4) is 0 Å². The van der Waals surface area contributed by atoms with E-state index >= 15 is 0 Å². The molecule has 0 bridgehead atoms. The van der Waals surface area contributed by atoms with Gasteiger partial charge in [-0.15, -0.1) is 0 Å². The molecular formula is C17H26N2O2. The number of carbonyl (C=O) groups excluding carboxylic acids is 1. The molecule has 1 saturated heterocycles. The first-order chi connectivity index (χ1) is 10.3. The number of carbonyl (C=O) groups is 1. The molecule has 1 atom stereocenters. The number of amides is 1. The molecule has 1 heterocycles. The van der Waals surface area contributed by atoms with E-state index in [0.29, 0.717) is 6.61 Å². The van der Waals surface area contributed by atoms with Crippen molar-refractivity contribution < 1.29 is 9.53 Å². The third-order valence-corrected chi connectivity index (χ3v) is 3.93. The molecule has 1 aromatic carbocycles. The number of rotatable bonds is 6. The SMILES string of the molecule is CCCCCC1CNCCN1C(=O)OCc1ccccc1. The van der Waals surface area contributed by atoms with Crippen molar-refractivity contribution in [1.29, 1.82) is 0 Å². The summed E-state index contributed by atoms with van der Waals surface area (Å²) in [5.74, 6) is 0. The van der Waals surface area contributed by atoms with Gasteiger partial charge in [0.1, 0.15) is 6.61 Å². The van der Waals surface area contributed by atoms with Gasteiger partial charge in [0.2, 0.25) is 0 Å². The highest BCUT2D eigenvalue weighted by atomic mass is 16.6. The van der Waals surface area contributed by atoms with Crippen LogP contribution in [0.1, 0.15) is 38.2 Å². The van der Waals surface area contributed by atoms with Crippen LogP contribution in [0, 0.1) is 0 Å². The lowest BCUT2D eigenvalue weighted by atomic mass is 10.1. The normalized spacial score (nSPS) is 18.5. The summed E-state index contributed by atoms with van der Waals surface area (Å²) < 4.78 is 5.46. The van der Waals surface area contributed by atoms with Crippen LogP contribution in [0.15, 0.2) is 30.3 Å². The summed E-state index contributed by atoms with van der Waals surface area (Å²) in [6, 6.07) is 10.1. The predicted molar refractivity (Wildman–Crippen MR) is 84.1 cm³/mol. The number of benzene rings is 1. The summed E-state index contributed by atoms with van der Waals surface area (Å²) in [6.45, 7) is 5.02. The van der Waals surface area contributed by atoms with Crippen molar-refractivity contribution in [2.45, 2.75) is 45.3 Å². The predicted octanol–water partition coefficient (Wildman–Crippen LogP) is 3.18. The second-order valence-electron chi connectivity index (χ2n) is 5.59. The molecule has 0 saturated carbocycles. The molecule has 1 unspecified atom stereocenters. The molecule has 116 valence electrons. The van der Waals surface area contributed by atoms with Crippen molar-refractivity contribution >= 4 is 6.09 Å². The van der Waals surface area contributed by atoms with Gasteiger partial charge in [-0.2, -0.15) is 0 Å². The minimum absolute atomic E-state index is 0.179. The molecule has 0 aromatic heterocycles. The second-order valence-corrected chi connectivity index (χ2v) is 5.59. The largest absolute Gasteiger partial charge is 0.445 e. The number of piperazine rings is 1. The Morgan fingerprint density at radius 2 is 2.14 bits per heavy atom. The fourth-order valence-corrected chi connectivity index (χ4v) is 2.69. The van der Waals surface area contributed by atoms with Crippen molar-refractivity contribution in [3.8, 4) is 0 Å². The molecular weight excluding hydrogens is 264 g/mol. The van der Waals surface area contributed by atoms with Gasteiger partial charge in [-0.25, -0.2) is 4.79 Å². The number of nitrogens with one attached hydrogen (secondary N) is 1. The standard InChI is InChI=1S/C17H26N2O2/c1-2-3-5-10-16-13-18-11-12-19(16)17(20)21-14-15-8-6-4-7-9-15/h4,6-9,16,18H,2-3,5,10-14H2,1H3. The number of ether oxygens (including phenoxy) is 1. The van der Waals surface area contributed by atoms with Crippen LogP contribution >= 0.6 is 0 Å². The summed E-state index contributed by atoms with van der Waals surface area (Å²) in [6.07, 6.45) is 4.48. The number of unbranched alkanes of at least 4 members (excludes halogenated alkanes) is 2. The molecule has 1 aliphatic heterocycles. The van der Waals surface area contributed by atoms with Crippen molar-refractivity contribution in [2.75, 3.05) is 19.6 Å². The highest BCUT2D eigenvalue weighted by Crippen LogP contribution is 2.14. The summed E-state index contributed by atoms with van der Waals surface area (Å²) in [7, 11) is 0. The van der Waals surface area contributed by atoms with Crippen LogP contribution in [0.25, 0.3) is 0 Å². The average Bonchev–Trinajstić information content (AvgIpc) is 2.54. The van der Waals surface area contributed by atoms with E-state index in [0.717, 1.165) is 31.6 Å². The molecule has 1 aromatic rings. The first kappa shape index (κ1) is 15.8. The molecule has 0 spiro atoms. The maximum atomic E-state index is 12.3. The molecule has 1 fully saturated rings. The first-order valence-corrected chi connectivity index (χ1v) is 7.99. The van der Waals surface area contributed by atoms with Gasteiger partial charge in [-0.3, -0.25) is 0 Å². The van der Waals surface area contributed by atoms with Gasteiger partial charge in [-0.1, -0.05) is 56.5 Å². The smallest absolute Gasteiger partial charge is 0.410 e.